The van der Waals surface area contributed by atoms with Crippen LogP contribution in [-0.4, -0.2) is 25.1 Å². The van der Waals surface area contributed by atoms with Crippen LogP contribution in [0.2, 0.25) is 0 Å². The molecule has 0 saturated heterocycles. The quantitative estimate of drug-likeness (QED) is 0.418. The van der Waals surface area contributed by atoms with Gasteiger partial charge in [0.15, 0.2) is 0 Å². The standard InChI is InChI=1S/C21H30N4/c1-16-9-11-19(12-10-16)25-21(22)8-5-13-24-20(15-23-3)18-7-4-6-17(2)14-18/h4-6,8,14-15,18-19,24H,1,3,7,9-13H2,2H3,(H2,22,25)/b8-5-,20-15-. The number of allylic oxidation sites excluding steroid dienone is 5. The summed E-state index contributed by atoms with van der Waals surface area (Å²) in [6, 6.07) is 0.339. The van der Waals surface area contributed by atoms with Crippen molar-refractivity contribution in [1.82, 2.24) is 5.32 Å². The van der Waals surface area contributed by atoms with E-state index < -0.39 is 0 Å². The molecule has 0 radical (unpaired) electrons. The molecule has 0 aromatic heterocycles. The van der Waals surface area contributed by atoms with Gasteiger partial charge in [-0.15, -0.1) is 0 Å². The summed E-state index contributed by atoms with van der Waals surface area (Å²) in [5.74, 6) is 0.924. The summed E-state index contributed by atoms with van der Waals surface area (Å²) >= 11 is 0. The zero-order chi connectivity index (χ0) is 18.1. The Hall–Kier alpha value is -2.36. The number of nitrogens with one attached hydrogen (secondary N) is 1. The van der Waals surface area contributed by atoms with Gasteiger partial charge in [0.1, 0.15) is 5.84 Å². The van der Waals surface area contributed by atoms with E-state index in [2.05, 4.69) is 53.7 Å². The molecular formula is C21H30N4. The highest BCUT2D eigenvalue weighted by Gasteiger charge is 2.14. The van der Waals surface area contributed by atoms with Crippen molar-refractivity contribution in [2.45, 2.75) is 45.1 Å². The van der Waals surface area contributed by atoms with Crippen LogP contribution >= 0.6 is 0 Å². The number of rotatable bonds is 7. The molecular weight excluding hydrogens is 308 g/mol. The minimum atomic E-state index is 0.324. The summed E-state index contributed by atoms with van der Waals surface area (Å²) in [7, 11) is 0. The third kappa shape index (κ3) is 6.57. The lowest BCUT2D eigenvalue weighted by Crippen LogP contribution is -2.21. The third-order valence-electron chi connectivity index (χ3n) is 4.57. The molecule has 0 spiro atoms. The van der Waals surface area contributed by atoms with Gasteiger partial charge in [0.25, 0.3) is 0 Å². The first-order valence-corrected chi connectivity index (χ1v) is 8.99. The molecule has 1 unspecified atom stereocenters. The van der Waals surface area contributed by atoms with Crippen LogP contribution in [0.1, 0.15) is 39.0 Å². The Morgan fingerprint density at radius 3 is 2.84 bits per heavy atom. The maximum atomic E-state index is 6.03. The van der Waals surface area contributed by atoms with Crippen LogP contribution < -0.4 is 11.1 Å². The number of hydrogen-bond acceptors (Lipinski definition) is 3. The molecule has 1 atom stereocenters. The summed E-state index contributed by atoms with van der Waals surface area (Å²) < 4.78 is 0. The summed E-state index contributed by atoms with van der Waals surface area (Å²) in [4.78, 5) is 8.53. The first-order chi connectivity index (χ1) is 12.1. The van der Waals surface area contributed by atoms with Crippen LogP contribution in [0.15, 0.2) is 70.0 Å². The monoisotopic (exact) mass is 338 g/mol. The second-order valence-electron chi connectivity index (χ2n) is 6.74. The first kappa shape index (κ1) is 19.0. The molecule has 2 aliphatic rings. The molecule has 2 rings (SSSR count). The Morgan fingerprint density at radius 2 is 2.16 bits per heavy atom. The predicted octanol–water partition coefficient (Wildman–Crippen LogP) is 4.05. The molecule has 134 valence electrons. The summed E-state index contributed by atoms with van der Waals surface area (Å²) in [6.07, 6.45) is 17.5. The lowest BCUT2D eigenvalue weighted by molar-refractivity contribution is 0.515. The number of nitrogens with two attached hydrogens (primary N) is 1. The minimum absolute atomic E-state index is 0.324. The van der Waals surface area contributed by atoms with Crippen LogP contribution in [0.3, 0.4) is 0 Å². The molecule has 4 nitrogen and oxygen atoms in total. The largest absolute Gasteiger partial charge is 0.384 e. The highest BCUT2D eigenvalue weighted by molar-refractivity contribution is 5.91. The molecule has 4 heteroatoms. The molecule has 0 bridgehead atoms. The van der Waals surface area contributed by atoms with Crippen molar-refractivity contribution in [1.29, 1.82) is 0 Å². The number of hydrogen-bond donors (Lipinski definition) is 2. The molecule has 0 heterocycles. The van der Waals surface area contributed by atoms with E-state index in [-0.39, 0.29) is 0 Å². The average molecular weight is 338 g/mol. The molecule has 3 N–H and O–H groups in total. The van der Waals surface area contributed by atoms with Gasteiger partial charge in [-0.05, 0) is 51.8 Å². The third-order valence-corrected chi connectivity index (χ3v) is 4.57. The van der Waals surface area contributed by atoms with Crippen LogP contribution in [0.25, 0.3) is 0 Å². The minimum Gasteiger partial charge on any atom is -0.384 e. The van der Waals surface area contributed by atoms with E-state index in [1.807, 2.05) is 12.2 Å². The van der Waals surface area contributed by atoms with Gasteiger partial charge in [0.2, 0.25) is 0 Å². The van der Waals surface area contributed by atoms with Crippen molar-refractivity contribution in [3.05, 3.63) is 60.0 Å². The van der Waals surface area contributed by atoms with Gasteiger partial charge in [0.05, 0.1) is 6.04 Å². The Labute approximate surface area is 151 Å². The Kier molecular flexibility index (Phi) is 7.45. The van der Waals surface area contributed by atoms with Crippen molar-refractivity contribution >= 4 is 12.6 Å². The van der Waals surface area contributed by atoms with E-state index in [0.717, 1.165) is 37.8 Å². The van der Waals surface area contributed by atoms with Gasteiger partial charge in [-0.25, -0.2) is 0 Å². The maximum absolute atomic E-state index is 6.03. The average Bonchev–Trinajstić information content (AvgIpc) is 2.59. The van der Waals surface area contributed by atoms with Gasteiger partial charge in [0, 0.05) is 24.4 Å². The number of amidine groups is 1. The molecule has 2 aliphatic carbocycles. The Balaban J connectivity index is 1.83. The second kappa shape index (κ2) is 9.82. The molecule has 0 aromatic carbocycles. The Morgan fingerprint density at radius 1 is 1.40 bits per heavy atom. The topological polar surface area (TPSA) is 62.8 Å². The smallest absolute Gasteiger partial charge is 0.118 e. The van der Waals surface area contributed by atoms with E-state index in [1.54, 1.807) is 6.20 Å². The lowest BCUT2D eigenvalue weighted by Gasteiger charge is -2.20. The SMILES string of the molecule is C=N/C=C(\NC/C=C\C(N)=NC1CCC(=C)CC1)C1C=C(C)C=CC1. The molecule has 0 aliphatic heterocycles. The van der Waals surface area contributed by atoms with Gasteiger partial charge in [-0.3, -0.25) is 9.98 Å². The molecule has 1 fully saturated rings. The summed E-state index contributed by atoms with van der Waals surface area (Å²) in [5, 5.41) is 3.42. The predicted molar refractivity (Wildman–Crippen MR) is 109 cm³/mol. The number of nitrogens with zero attached hydrogens (tertiary/aromatic N) is 2. The van der Waals surface area contributed by atoms with Gasteiger partial charge in [-0.2, -0.15) is 0 Å². The zero-order valence-electron chi connectivity index (χ0n) is 15.2. The highest BCUT2D eigenvalue weighted by Crippen LogP contribution is 2.24. The fraction of sp³-hybridized carbons (Fsp3) is 0.429. The normalized spacial score (nSPS) is 23.0. The molecule has 25 heavy (non-hydrogen) atoms. The fourth-order valence-corrected chi connectivity index (χ4v) is 3.18. The zero-order valence-corrected chi connectivity index (χ0v) is 15.2. The van der Waals surface area contributed by atoms with E-state index in [1.165, 1.54) is 11.1 Å². The molecule has 0 aromatic rings. The van der Waals surface area contributed by atoms with E-state index in [0.29, 0.717) is 24.3 Å². The second-order valence-corrected chi connectivity index (χ2v) is 6.74. The van der Waals surface area contributed by atoms with Crippen LogP contribution in [0.4, 0.5) is 0 Å². The van der Waals surface area contributed by atoms with Gasteiger partial charge in [-0.1, -0.05) is 42.0 Å². The van der Waals surface area contributed by atoms with Crippen LogP contribution in [0, 0.1) is 5.92 Å². The molecule has 0 amide bonds. The summed E-state index contributed by atoms with van der Waals surface area (Å²) in [5.41, 5.74) is 9.71. The number of aliphatic imine (C=N–C) groups is 2. The van der Waals surface area contributed by atoms with Crippen molar-refractivity contribution in [2.75, 3.05) is 6.54 Å². The van der Waals surface area contributed by atoms with Crippen LogP contribution in [0.5, 0.6) is 0 Å². The lowest BCUT2D eigenvalue weighted by atomic mass is 9.92. The highest BCUT2D eigenvalue weighted by atomic mass is 14.9. The van der Waals surface area contributed by atoms with Crippen molar-refractivity contribution in [3.63, 3.8) is 0 Å². The Bertz CT molecular complexity index is 624. The van der Waals surface area contributed by atoms with Crippen LogP contribution in [-0.2, 0) is 0 Å². The van der Waals surface area contributed by atoms with Gasteiger partial charge >= 0.3 is 0 Å². The first-order valence-electron chi connectivity index (χ1n) is 8.99. The van der Waals surface area contributed by atoms with Crippen molar-refractivity contribution < 1.29 is 0 Å². The van der Waals surface area contributed by atoms with Crippen molar-refractivity contribution in [3.8, 4) is 0 Å². The molecule has 1 saturated carbocycles. The van der Waals surface area contributed by atoms with E-state index in [4.69, 9.17) is 5.73 Å². The van der Waals surface area contributed by atoms with Gasteiger partial charge < -0.3 is 11.1 Å². The maximum Gasteiger partial charge on any atom is 0.118 e. The van der Waals surface area contributed by atoms with E-state index in [9.17, 15) is 0 Å². The van der Waals surface area contributed by atoms with E-state index >= 15 is 0 Å². The fourth-order valence-electron chi connectivity index (χ4n) is 3.18. The van der Waals surface area contributed by atoms with Crippen molar-refractivity contribution in [2.24, 2.45) is 21.6 Å². The summed E-state index contributed by atoms with van der Waals surface area (Å²) in [6.45, 7) is 10.4.